The predicted octanol–water partition coefficient (Wildman–Crippen LogP) is 3.58. The van der Waals surface area contributed by atoms with Crippen molar-refractivity contribution in [1.82, 2.24) is 0 Å². The van der Waals surface area contributed by atoms with Gasteiger partial charge in [-0.1, -0.05) is 65.8 Å². The second-order valence-electron chi connectivity index (χ2n) is 7.19. The first-order valence-electron chi connectivity index (χ1n) is 9.78. The minimum atomic E-state index is -4.00. The summed E-state index contributed by atoms with van der Waals surface area (Å²) in [6.07, 6.45) is -1.88. The number of aliphatic hydroxyl groups excluding tert-OH is 2. The summed E-state index contributed by atoms with van der Waals surface area (Å²) in [6, 6.07) is 17.8. The van der Waals surface area contributed by atoms with E-state index in [-0.39, 0.29) is 13.2 Å². The van der Waals surface area contributed by atoms with Gasteiger partial charge in [-0.2, -0.15) is 0 Å². The van der Waals surface area contributed by atoms with E-state index >= 15 is 0 Å². The lowest BCUT2D eigenvalue weighted by Crippen LogP contribution is -2.39. The van der Waals surface area contributed by atoms with Crippen LogP contribution in [0.25, 0.3) is 10.4 Å². The highest BCUT2D eigenvalue weighted by atomic mass is 31.2. The maximum absolute atomic E-state index is 13.2. The molecule has 2 rings (SSSR count). The SMILES string of the molecule is CC(COP(=O)(CC(O)CO)OCc1ccccc1)(N=[N+]=[N-])C(=O)OCc1ccccc1. The number of rotatable bonds is 13. The number of carbonyl (C=O) groups excluding carboxylic acids is 1. The van der Waals surface area contributed by atoms with Crippen molar-refractivity contribution in [3.05, 3.63) is 82.2 Å². The van der Waals surface area contributed by atoms with Gasteiger partial charge in [-0.3, -0.25) is 9.36 Å². The number of carbonyl (C=O) groups is 1. The molecule has 2 aromatic carbocycles. The molecular formula is C21H26N3O7P. The van der Waals surface area contributed by atoms with Gasteiger partial charge in [0.15, 0.2) is 5.54 Å². The molecular weight excluding hydrogens is 437 g/mol. The molecule has 0 bridgehead atoms. The molecule has 172 valence electrons. The molecule has 2 N–H and O–H groups in total. The second kappa shape index (κ2) is 12.4. The fourth-order valence-corrected chi connectivity index (χ4v) is 4.25. The van der Waals surface area contributed by atoms with Gasteiger partial charge in [-0.05, 0) is 23.6 Å². The van der Waals surface area contributed by atoms with E-state index in [9.17, 15) is 14.5 Å². The Morgan fingerprint density at radius 2 is 1.66 bits per heavy atom. The highest BCUT2D eigenvalue weighted by Gasteiger charge is 2.39. The Morgan fingerprint density at radius 1 is 1.09 bits per heavy atom. The molecule has 0 saturated heterocycles. The van der Waals surface area contributed by atoms with Crippen molar-refractivity contribution in [3.63, 3.8) is 0 Å². The molecule has 32 heavy (non-hydrogen) atoms. The third kappa shape index (κ3) is 8.09. The van der Waals surface area contributed by atoms with Crippen LogP contribution >= 0.6 is 7.60 Å². The lowest BCUT2D eigenvalue weighted by atomic mass is 10.1. The number of hydrogen-bond acceptors (Lipinski definition) is 8. The molecule has 0 amide bonds. The van der Waals surface area contributed by atoms with Crippen LogP contribution < -0.4 is 0 Å². The Morgan fingerprint density at radius 3 is 2.19 bits per heavy atom. The topological polar surface area (TPSA) is 151 Å². The Hall–Kier alpha value is -2.71. The van der Waals surface area contributed by atoms with E-state index in [0.717, 1.165) is 5.56 Å². The summed E-state index contributed by atoms with van der Waals surface area (Å²) >= 11 is 0. The number of hydrogen-bond donors (Lipinski definition) is 2. The zero-order valence-corrected chi connectivity index (χ0v) is 18.5. The molecule has 11 heteroatoms. The molecule has 10 nitrogen and oxygen atoms in total. The summed E-state index contributed by atoms with van der Waals surface area (Å²) < 4.78 is 29.3. The third-order valence-electron chi connectivity index (χ3n) is 4.38. The van der Waals surface area contributed by atoms with Crippen LogP contribution in [0.15, 0.2) is 65.8 Å². The summed E-state index contributed by atoms with van der Waals surface area (Å²) in [5, 5.41) is 22.4. The summed E-state index contributed by atoms with van der Waals surface area (Å²) in [5.41, 5.74) is 8.52. The van der Waals surface area contributed by atoms with Crippen LogP contribution in [0.5, 0.6) is 0 Å². The summed E-state index contributed by atoms with van der Waals surface area (Å²) in [4.78, 5) is 15.3. The van der Waals surface area contributed by atoms with Crippen molar-refractivity contribution in [2.24, 2.45) is 5.11 Å². The highest BCUT2D eigenvalue weighted by molar-refractivity contribution is 7.53. The number of nitrogens with zero attached hydrogens (tertiary/aromatic N) is 3. The number of aliphatic hydroxyl groups is 2. The normalized spacial score (nSPS) is 15.6. The average molecular weight is 463 g/mol. The zero-order chi connectivity index (χ0) is 23.5. The molecule has 0 aliphatic carbocycles. The van der Waals surface area contributed by atoms with Crippen LogP contribution in [0.4, 0.5) is 0 Å². The largest absolute Gasteiger partial charge is 0.460 e. The third-order valence-corrected chi connectivity index (χ3v) is 6.29. The fraction of sp³-hybridized carbons (Fsp3) is 0.381. The van der Waals surface area contributed by atoms with E-state index in [2.05, 4.69) is 10.0 Å². The van der Waals surface area contributed by atoms with Gasteiger partial charge in [0.1, 0.15) is 6.61 Å². The molecule has 0 aliphatic heterocycles. The van der Waals surface area contributed by atoms with Crippen LogP contribution in [-0.2, 0) is 36.4 Å². The van der Waals surface area contributed by atoms with Crippen LogP contribution in [-0.4, -0.2) is 47.2 Å². The molecule has 0 fully saturated rings. The molecule has 0 spiro atoms. The Kier molecular flexibility index (Phi) is 9.87. The molecule has 2 aromatic rings. The average Bonchev–Trinajstić information content (AvgIpc) is 2.81. The monoisotopic (exact) mass is 463 g/mol. The van der Waals surface area contributed by atoms with E-state index < -0.39 is 44.6 Å². The second-order valence-corrected chi connectivity index (χ2v) is 9.29. The number of ether oxygens (including phenoxy) is 1. The van der Waals surface area contributed by atoms with Crippen LogP contribution in [0.3, 0.4) is 0 Å². The lowest BCUT2D eigenvalue weighted by Gasteiger charge is -2.26. The fourth-order valence-electron chi connectivity index (χ4n) is 2.54. The molecule has 0 saturated carbocycles. The highest BCUT2D eigenvalue weighted by Crippen LogP contribution is 2.50. The van der Waals surface area contributed by atoms with E-state index in [0.29, 0.717) is 5.56 Å². The minimum Gasteiger partial charge on any atom is -0.460 e. The van der Waals surface area contributed by atoms with Crippen molar-refractivity contribution in [2.75, 3.05) is 19.4 Å². The maximum atomic E-state index is 13.2. The van der Waals surface area contributed by atoms with Gasteiger partial charge in [-0.15, -0.1) is 0 Å². The zero-order valence-electron chi connectivity index (χ0n) is 17.6. The Labute approximate surface area is 185 Å². The first-order chi connectivity index (χ1) is 15.3. The van der Waals surface area contributed by atoms with Gasteiger partial charge >= 0.3 is 13.6 Å². The molecule has 3 atom stereocenters. The summed E-state index contributed by atoms with van der Waals surface area (Å²) in [7, 11) is -4.00. The van der Waals surface area contributed by atoms with E-state index in [1.54, 1.807) is 48.5 Å². The van der Waals surface area contributed by atoms with E-state index in [1.165, 1.54) is 6.92 Å². The van der Waals surface area contributed by atoms with Crippen molar-refractivity contribution in [1.29, 1.82) is 0 Å². The minimum absolute atomic E-state index is 0.0540. The first-order valence-corrected chi connectivity index (χ1v) is 11.5. The van der Waals surface area contributed by atoms with Crippen LogP contribution in [0.2, 0.25) is 0 Å². The van der Waals surface area contributed by atoms with Gasteiger partial charge in [0.25, 0.3) is 0 Å². The van der Waals surface area contributed by atoms with Crippen LogP contribution in [0.1, 0.15) is 18.1 Å². The molecule has 3 unspecified atom stereocenters. The van der Waals surface area contributed by atoms with Crippen molar-refractivity contribution in [2.45, 2.75) is 31.8 Å². The Balaban J connectivity index is 2.09. The standard InChI is InChI=1S/C21H26N3O7P/c1-21(23-24-22,20(27)29-13-17-8-4-2-5-9-17)16-31-32(28,15-19(26)12-25)30-14-18-10-6-3-7-11-18/h2-11,19,25-26H,12-16H2,1H3. The van der Waals surface area contributed by atoms with Gasteiger partial charge in [0.2, 0.25) is 0 Å². The van der Waals surface area contributed by atoms with Gasteiger partial charge in [-0.25, -0.2) is 0 Å². The van der Waals surface area contributed by atoms with E-state index in [1.807, 2.05) is 12.1 Å². The molecule has 0 aromatic heterocycles. The van der Waals surface area contributed by atoms with Crippen molar-refractivity contribution < 1.29 is 33.4 Å². The molecule has 0 heterocycles. The molecule has 0 radical (unpaired) electrons. The van der Waals surface area contributed by atoms with Gasteiger partial charge < -0.3 is 24.0 Å². The van der Waals surface area contributed by atoms with Gasteiger partial charge in [0, 0.05) is 4.91 Å². The Bertz CT molecular complexity index is 954. The maximum Gasteiger partial charge on any atom is 0.333 e. The predicted molar refractivity (Wildman–Crippen MR) is 117 cm³/mol. The number of esters is 1. The number of azide groups is 1. The van der Waals surface area contributed by atoms with Crippen molar-refractivity contribution in [3.8, 4) is 0 Å². The lowest BCUT2D eigenvalue weighted by molar-refractivity contribution is -0.152. The quantitative estimate of drug-likeness (QED) is 0.151. The summed E-state index contributed by atoms with van der Waals surface area (Å²) in [6.45, 7) is -0.137. The van der Waals surface area contributed by atoms with Gasteiger partial charge in [0.05, 0.1) is 32.1 Å². The molecule has 0 aliphatic rings. The summed E-state index contributed by atoms with van der Waals surface area (Å²) in [5.74, 6) is -0.878. The smallest absolute Gasteiger partial charge is 0.333 e. The first kappa shape index (κ1) is 25.5. The van der Waals surface area contributed by atoms with Crippen LogP contribution in [0, 0.1) is 0 Å². The van der Waals surface area contributed by atoms with Crippen molar-refractivity contribution >= 4 is 13.6 Å². The number of benzene rings is 2. The van der Waals surface area contributed by atoms with E-state index in [4.69, 9.17) is 24.4 Å².